The lowest BCUT2D eigenvalue weighted by atomic mass is 10.1. The predicted octanol–water partition coefficient (Wildman–Crippen LogP) is 6.08. The van der Waals surface area contributed by atoms with E-state index >= 15 is 0 Å². The SMILES string of the molecule is Cc1ccccc1C(=O)Nc1ccc2nc(SCC(=O)Nc3ccc(N4CCOCC4)c(Cl)c3)sc2c1. The van der Waals surface area contributed by atoms with E-state index < -0.39 is 0 Å². The second-order valence-corrected chi connectivity index (χ2v) is 11.2. The molecular formula is C27H25ClN4O3S2. The fourth-order valence-electron chi connectivity index (χ4n) is 4.04. The molecule has 1 saturated heterocycles. The van der Waals surface area contributed by atoms with Crippen LogP contribution in [0.25, 0.3) is 10.2 Å². The zero-order chi connectivity index (χ0) is 25.8. The van der Waals surface area contributed by atoms with Gasteiger partial charge in [0.15, 0.2) is 4.34 Å². The number of aryl methyl sites for hydroxylation is 1. The summed E-state index contributed by atoms with van der Waals surface area (Å²) in [5.41, 5.74) is 4.70. The number of nitrogens with zero attached hydrogens (tertiary/aromatic N) is 2. The molecule has 190 valence electrons. The summed E-state index contributed by atoms with van der Waals surface area (Å²) in [4.78, 5) is 32.0. The molecule has 5 rings (SSSR count). The highest BCUT2D eigenvalue weighted by molar-refractivity contribution is 8.01. The molecule has 0 saturated carbocycles. The monoisotopic (exact) mass is 552 g/mol. The van der Waals surface area contributed by atoms with E-state index in [4.69, 9.17) is 16.3 Å². The third kappa shape index (κ3) is 6.24. The lowest BCUT2D eigenvalue weighted by Crippen LogP contribution is -2.36. The number of halogens is 1. The number of carbonyl (C=O) groups is 2. The number of morpholine rings is 1. The van der Waals surface area contributed by atoms with E-state index in [-0.39, 0.29) is 17.6 Å². The Morgan fingerprint density at radius 2 is 1.81 bits per heavy atom. The minimum Gasteiger partial charge on any atom is -0.378 e. The first-order valence-corrected chi connectivity index (χ1v) is 14.0. The summed E-state index contributed by atoms with van der Waals surface area (Å²) in [5.74, 6) is -0.0588. The van der Waals surface area contributed by atoms with Crippen LogP contribution in [0.3, 0.4) is 0 Å². The van der Waals surface area contributed by atoms with Crippen LogP contribution in [0.4, 0.5) is 17.1 Å². The molecule has 1 aromatic heterocycles. The first-order valence-electron chi connectivity index (χ1n) is 11.8. The first-order chi connectivity index (χ1) is 18.0. The topological polar surface area (TPSA) is 83.6 Å². The average Bonchev–Trinajstić information content (AvgIpc) is 3.30. The molecule has 0 radical (unpaired) electrons. The molecule has 2 amide bonds. The quantitative estimate of drug-likeness (QED) is 0.270. The summed E-state index contributed by atoms with van der Waals surface area (Å²) in [6.07, 6.45) is 0. The largest absolute Gasteiger partial charge is 0.378 e. The molecule has 4 aromatic rings. The van der Waals surface area contributed by atoms with Gasteiger partial charge in [0.1, 0.15) is 0 Å². The Bertz CT molecular complexity index is 1450. The lowest BCUT2D eigenvalue weighted by molar-refractivity contribution is -0.113. The van der Waals surface area contributed by atoms with Crippen molar-refractivity contribution in [1.82, 2.24) is 4.98 Å². The molecule has 0 spiro atoms. The number of fused-ring (bicyclic) bond motifs is 1. The van der Waals surface area contributed by atoms with E-state index in [0.29, 0.717) is 35.2 Å². The van der Waals surface area contributed by atoms with Crippen molar-refractivity contribution in [3.63, 3.8) is 0 Å². The van der Waals surface area contributed by atoms with Crippen LogP contribution in [0.2, 0.25) is 5.02 Å². The number of anilines is 3. The van der Waals surface area contributed by atoms with Crippen molar-refractivity contribution in [2.45, 2.75) is 11.3 Å². The van der Waals surface area contributed by atoms with E-state index in [1.807, 2.05) is 61.5 Å². The van der Waals surface area contributed by atoms with Crippen molar-refractivity contribution < 1.29 is 14.3 Å². The van der Waals surface area contributed by atoms with Gasteiger partial charge in [-0.15, -0.1) is 11.3 Å². The standard InChI is InChI=1S/C27H25ClN4O3S2/c1-17-4-2-3-5-20(17)26(34)30-19-6-8-22-24(15-19)37-27(31-22)36-16-25(33)29-18-7-9-23(21(28)14-18)32-10-12-35-13-11-32/h2-9,14-15H,10-13,16H2,1H3,(H,29,33)(H,30,34). The van der Waals surface area contributed by atoms with Gasteiger partial charge in [-0.2, -0.15) is 0 Å². The van der Waals surface area contributed by atoms with Crippen molar-refractivity contribution in [3.05, 3.63) is 76.8 Å². The summed E-state index contributed by atoms with van der Waals surface area (Å²) in [6.45, 7) is 4.87. The van der Waals surface area contributed by atoms with Crippen molar-refractivity contribution in [1.29, 1.82) is 0 Å². The van der Waals surface area contributed by atoms with Crippen LogP contribution in [-0.4, -0.2) is 48.9 Å². The van der Waals surface area contributed by atoms with Crippen LogP contribution in [0, 0.1) is 6.92 Å². The molecule has 0 atom stereocenters. The second kappa shape index (κ2) is 11.5. The number of carbonyl (C=O) groups excluding carboxylic acids is 2. The highest BCUT2D eigenvalue weighted by Gasteiger charge is 2.16. The van der Waals surface area contributed by atoms with Gasteiger partial charge >= 0.3 is 0 Å². The molecule has 37 heavy (non-hydrogen) atoms. The van der Waals surface area contributed by atoms with Crippen LogP contribution in [0.15, 0.2) is 65.0 Å². The van der Waals surface area contributed by atoms with Gasteiger partial charge in [-0.05, 0) is 55.0 Å². The van der Waals surface area contributed by atoms with Crippen molar-refractivity contribution in [3.8, 4) is 0 Å². The Hall–Kier alpha value is -3.11. The molecule has 1 fully saturated rings. The minimum atomic E-state index is -0.147. The molecule has 7 nitrogen and oxygen atoms in total. The molecule has 1 aliphatic heterocycles. The van der Waals surface area contributed by atoms with Crippen molar-refractivity contribution >= 4 is 73.8 Å². The number of thiazole rings is 1. The van der Waals surface area contributed by atoms with E-state index in [9.17, 15) is 9.59 Å². The van der Waals surface area contributed by atoms with Gasteiger partial charge in [-0.1, -0.05) is 41.6 Å². The second-order valence-electron chi connectivity index (χ2n) is 8.53. The van der Waals surface area contributed by atoms with E-state index in [1.54, 1.807) is 6.07 Å². The molecule has 2 heterocycles. The number of hydrogen-bond acceptors (Lipinski definition) is 7. The fourth-order valence-corrected chi connectivity index (χ4v) is 6.25. The van der Waals surface area contributed by atoms with Crippen LogP contribution in [-0.2, 0) is 9.53 Å². The van der Waals surface area contributed by atoms with E-state index in [1.165, 1.54) is 23.1 Å². The number of benzene rings is 3. The summed E-state index contributed by atoms with van der Waals surface area (Å²) in [5, 5.41) is 6.47. The van der Waals surface area contributed by atoms with Gasteiger partial charge in [0.25, 0.3) is 5.91 Å². The molecule has 0 aliphatic carbocycles. The number of rotatable bonds is 7. The first kappa shape index (κ1) is 25.5. The molecule has 2 N–H and O–H groups in total. The normalized spacial score (nSPS) is 13.5. The molecule has 0 bridgehead atoms. The number of thioether (sulfide) groups is 1. The maximum Gasteiger partial charge on any atom is 0.255 e. The Morgan fingerprint density at radius 3 is 2.59 bits per heavy atom. The van der Waals surface area contributed by atoms with E-state index in [0.717, 1.165) is 38.9 Å². The number of amides is 2. The maximum atomic E-state index is 12.6. The summed E-state index contributed by atoms with van der Waals surface area (Å²) >= 11 is 9.34. The highest BCUT2D eigenvalue weighted by atomic mass is 35.5. The van der Waals surface area contributed by atoms with Crippen LogP contribution in [0.1, 0.15) is 15.9 Å². The molecule has 0 unspecified atom stereocenters. The van der Waals surface area contributed by atoms with Gasteiger partial charge in [-0.3, -0.25) is 9.59 Å². The van der Waals surface area contributed by atoms with E-state index in [2.05, 4.69) is 20.5 Å². The molecular weight excluding hydrogens is 528 g/mol. The van der Waals surface area contributed by atoms with Gasteiger partial charge in [0.05, 0.1) is 39.9 Å². The summed E-state index contributed by atoms with van der Waals surface area (Å²) < 4.78 is 7.12. The highest BCUT2D eigenvalue weighted by Crippen LogP contribution is 2.32. The number of ether oxygens (including phenoxy) is 1. The Balaban J connectivity index is 1.18. The van der Waals surface area contributed by atoms with Crippen LogP contribution >= 0.6 is 34.7 Å². The predicted molar refractivity (Wildman–Crippen MR) is 153 cm³/mol. The van der Waals surface area contributed by atoms with Crippen LogP contribution < -0.4 is 15.5 Å². The van der Waals surface area contributed by atoms with Gasteiger partial charge in [0.2, 0.25) is 5.91 Å². The number of aromatic nitrogens is 1. The minimum absolute atomic E-state index is 0.134. The van der Waals surface area contributed by atoms with Crippen LogP contribution in [0.5, 0.6) is 0 Å². The Morgan fingerprint density at radius 1 is 1.05 bits per heavy atom. The van der Waals surface area contributed by atoms with Gasteiger partial charge < -0.3 is 20.3 Å². The molecule has 1 aliphatic rings. The third-order valence-electron chi connectivity index (χ3n) is 5.93. The zero-order valence-corrected chi connectivity index (χ0v) is 22.5. The van der Waals surface area contributed by atoms with Crippen molar-refractivity contribution in [2.24, 2.45) is 0 Å². The fraction of sp³-hybridized carbons (Fsp3) is 0.222. The Labute approximate surface area is 228 Å². The average molecular weight is 553 g/mol. The molecule has 3 aromatic carbocycles. The lowest BCUT2D eigenvalue weighted by Gasteiger charge is -2.29. The number of hydrogen-bond donors (Lipinski definition) is 2. The van der Waals surface area contributed by atoms with Crippen molar-refractivity contribution in [2.75, 3.05) is 47.6 Å². The Kier molecular flexibility index (Phi) is 7.95. The van der Waals surface area contributed by atoms with Gasteiger partial charge in [0, 0.05) is 30.0 Å². The third-order valence-corrected chi connectivity index (χ3v) is 8.39. The summed E-state index contributed by atoms with van der Waals surface area (Å²) in [6, 6.07) is 18.7. The smallest absolute Gasteiger partial charge is 0.255 e. The zero-order valence-electron chi connectivity index (χ0n) is 20.1. The number of nitrogens with one attached hydrogen (secondary N) is 2. The summed E-state index contributed by atoms with van der Waals surface area (Å²) in [7, 11) is 0. The van der Waals surface area contributed by atoms with Gasteiger partial charge in [-0.25, -0.2) is 4.98 Å². The maximum absolute atomic E-state index is 12.6. The molecule has 10 heteroatoms.